The van der Waals surface area contributed by atoms with E-state index in [4.69, 9.17) is 20.7 Å². The highest BCUT2D eigenvalue weighted by Gasteiger charge is 2.19. The van der Waals surface area contributed by atoms with Gasteiger partial charge in [0.25, 0.3) is 0 Å². The number of ether oxygens (including phenoxy) is 1. The molecule has 1 amide bonds. The molecule has 0 unspecified atom stereocenters. The molecular weight excluding hydrogens is 393 g/mol. The molecule has 158 valence electrons. The van der Waals surface area contributed by atoms with Gasteiger partial charge in [-0.05, 0) is 0 Å². The maximum absolute atomic E-state index is 14.9. The number of amides is 1. The first kappa shape index (κ1) is 21.0. The number of piperidine rings is 1. The fourth-order valence-electron chi connectivity index (χ4n) is 3.01. The molecule has 0 bridgehead atoms. The van der Waals surface area contributed by atoms with Crippen molar-refractivity contribution in [3.63, 3.8) is 0 Å². The number of halogens is 1. The van der Waals surface area contributed by atoms with Gasteiger partial charge >= 0.3 is 6.09 Å². The Kier molecular flexibility index (Phi) is 6.73. The maximum atomic E-state index is 14.9. The first-order valence-electron chi connectivity index (χ1n) is 9.19. The number of hydrogen-bond acceptors (Lipinski definition) is 8. The molecule has 0 radical (unpaired) electrons. The van der Waals surface area contributed by atoms with Crippen LogP contribution in [0.1, 0.15) is 18.4 Å². The van der Waals surface area contributed by atoms with Gasteiger partial charge in [0.2, 0.25) is 5.95 Å². The van der Waals surface area contributed by atoms with E-state index in [1.807, 2.05) is 10.2 Å². The summed E-state index contributed by atoms with van der Waals surface area (Å²) < 4.78 is 19.7. The van der Waals surface area contributed by atoms with Crippen molar-refractivity contribution in [2.75, 3.05) is 25.1 Å². The van der Waals surface area contributed by atoms with E-state index in [0.717, 1.165) is 31.6 Å². The highest BCUT2D eigenvalue weighted by molar-refractivity contribution is 5.90. The number of aromatic nitrogens is 2. The van der Waals surface area contributed by atoms with Gasteiger partial charge in [-0.3, -0.25) is 10.7 Å². The number of benzene rings is 1. The Morgan fingerprint density at radius 1 is 1.33 bits per heavy atom. The van der Waals surface area contributed by atoms with E-state index in [2.05, 4.69) is 15.1 Å². The Labute approximate surface area is 172 Å². The number of guanidine groups is 1. The van der Waals surface area contributed by atoms with Crippen LogP contribution in [0.3, 0.4) is 0 Å². The number of oxime groups is 1. The number of anilines is 1. The third-order valence-electron chi connectivity index (χ3n) is 4.47. The lowest BCUT2D eigenvalue weighted by molar-refractivity contribution is 0.143. The van der Waals surface area contributed by atoms with Crippen molar-refractivity contribution in [2.45, 2.75) is 19.4 Å². The zero-order valence-corrected chi connectivity index (χ0v) is 16.4. The summed E-state index contributed by atoms with van der Waals surface area (Å²) in [4.78, 5) is 27.0. The lowest BCUT2D eigenvalue weighted by Gasteiger charge is -2.27. The largest absolute Gasteiger partial charge is 0.444 e. The van der Waals surface area contributed by atoms with Crippen molar-refractivity contribution in [2.24, 2.45) is 10.9 Å². The first-order valence-corrected chi connectivity index (χ1v) is 9.19. The second kappa shape index (κ2) is 9.63. The summed E-state index contributed by atoms with van der Waals surface area (Å²) in [6.07, 6.45) is 3.74. The average molecular weight is 415 g/mol. The fraction of sp³-hybridized carbons (Fsp3) is 0.316. The Balaban J connectivity index is 1.68. The minimum absolute atomic E-state index is 0.177. The lowest BCUT2D eigenvalue weighted by atomic mass is 10.1. The number of alkyl carbamates (subject to hydrolysis) is 1. The van der Waals surface area contributed by atoms with E-state index in [9.17, 15) is 9.18 Å². The highest BCUT2D eigenvalue weighted by Crippen LogP contribution is 2.25. The van der Waals surface area contributed by atoms with Crippen LogP contribution in [0.4, 0.5) is 15.1 Å². The summed E-state index contributed by atoms with van der Waals surface area (Å²) >= 11 is 0. The molecule has 1 aromatic carbocycles. The molecule has 1 saturated heterocycles. The highest BCUT2D eigenvalue weighted by atomic mass is 19.1. The number of carbonyl (C=O) groups is 1. The van der Waals surface area contributed by atoms with Crippen molar-refractivity contribution < 1.29 is 18.8 Å². The zero-order valence-electron chi connectivity index (χ0n) is 16.4. The second-order valence-corrected chi connectivity index (χ2v) is 6.49. The van der Waals surface area contributed by atoms with E-state index in [1.54, 1.807) is 24.5 Å². The molecule has 1 aromatic heterocycles. The predicted octanol–water partition coefficient (Wildman–Crippen LogP) is 2.00. The van der Waals surface area contributed by atoms with Crippen molar-refractivity contribution in [1.82, 2.24) is 15.3 Å². The van der Waals surface area contributed by atoms with Crippen LogP contribution in [0, 0.1) is 11.2 Å². The van der Waals surface area contributed by atoms with Gasteiger partial charge in [0.15, 0.2) is 5.96 Å². The number of nitrogens with zero attached hydrogens (tertiary/aromatic N) is 4. The molecule has 0 atom stereocenters. The minimum Gasteiger partial charge on any atom is -0.444 e. The van der Waals surface area contributed by atoms with E-state index in [1.165, 1.54) is 13.2 Å². The van der Waals surface area contributed by atoms with Crippen LogP contribution in [0.15, 0.2) is 35.7 Å². The quantitative estimate of drug-likeness (QED) is 0.386. The molecule has 0 aliphatic carbocycles. The third kappa shape index (κ3) is 5.19. The standard InChI is InChI=1S/C19H22FN7O3/c1-29-26-14-5-7-27(8-6-14)18-23-9-13(10-24-18)15-4-2-3-12(16(15)20)11-30-19(28)25-17(21)22/h2-4,9-10H,5-8,11H2,1H3,(H4,21,22,25,28). The number of hydrogen-bond donors (Lipinski definition) is 3. The summed E-state index contributed by atoms with van der Waals surface area (Å²) in [7, 11) is 1.53. The zero-order chi connectivity index (χ0) is 21.5. The van der Waals surface area contributed by atoms with Gasteiger partial charge in [0.1, 0.15) is 19.5 Å². The Morgan fingerprint density at radius 2 is 2.03 bits per heavy atom. The van der Waals surface area contributed by atoms with Crippen LogP contribution < -0.4 is 16.0 Å². The van der Waals surface area contributed by atoms with E-state index >= 15 is 0 Å². The normalized spacial score (nSPS) is 13.5. The molecule has 4 N–H and O–H groups in total. The van der Waals surface area contributed by atoms with Crippen LogP contribution in [-0.4, -0.2) is 47.9 Å². The van der Waals surface area contributed by atoms with Crippen molar-refractivity contribution in [1.29, 1.82) is 5.41 Å². The van der Waals surface area contributed by atoms with Crippen LogP contribution in [0.25, 0.3) is 11.1 Å². The molecular formula is C19H22FN7O3. The molecule has 1 aliphatic rings. The van der Waals surface area contributed by atoms with E-state index < -0.39 is 17.9 Å². The number of carbonyl (C=O) groups excluding carboxylic acids is 1. The van der Waals surface area contributed by atoms with Gasteiger partial charge in [0, 0.05) is 55.0 Å². The summed E-state index contributed by atoms with van der Waals surface area (Å²) in [5.74, 6) is -0.527. The number of rotatable bonds is 5. The summed E-state index contributed by atoms with van der Waals surface area (Å²) in [5.41, 5.74) is 7.03. The molecule has 0 saturated carbocycles. The predicted molar refractivity (Wildman–Crippen MR) is 109 cm³/mol. The van der Waals surface area contributed by atoms with Crippen LogP contribution >= 0.6 is 0 Å². The molecule has 11 heteroatoms. The summed E-state index contributed by atoms with van der Waals surface area (Å²) in [6, 6.07) is 4.75. The molecule has 2 heterocycles. The Morgan fingerprint density at radius 3 is 2.67 bits per heavy atom. The maximum Gasteiger partial charge on any atom is 0.414 e. The average Bonchev–Trinajstić information content (AvgIpc) is 2.73. The van der Waals surface area contributed by atoms with Gasteiger partial charge in [-0.2, -0.15) is 0 Å². The van der Waals surface area contributed by atoms with Gasteiger partial charge in [-0.25, -0.2) is 19.2 Å². The lowest BCUT2D eigenvalue weighted by Crippen LogP contribution is -2.36. The van der Waals surface area contributed by atoms with Gasteiger partial charge < -0.3 is 20.2 Å². The number of nitrogens with two attached hydrogens (primary N) is 1. The van der Waals surface area contributed by atoms with Crippen molar-refractivity contribution >= 4 is 23.7 Å². The fourth-order valence-corrected chi connectivity index (χ4v) is 3.01. The molecule has 0 spiro atoms. The second-order valence-electron chi connectivity index (χ2n) is 6.49. The van der Waals surface area contributed by atoms with Crippen LogP contribution in [-0.2, 0) is 16.2 Å². The number of nitrogens with one attached hydrogen (secondary N) is 2. The molecule has 30 heavy (non-hydrogen) atoms. The van der Waals surface area contributed by atoms with E-state index in [0.29, 0.717) is 17.1 Å². The van der Waals surface area contributed by atoms with Crippen molar-refractivity contribution in [3.8, 4) is 11.1 Å². The van der Waals surface area contributed by atoms with Crippen molar-refractivity contribution in [3.05, 3.63) is 42.0 Å². The molecule has 10 nitrogen and oxygen atoms in total. The Hall–Kier alpha value is -3.76. The topological polar surface area (TPSA) is 139 Å². The Bertz CT molecular complexity index is 940. The van der Waals surface area contributed by atoms with Gasteiger partial charge in [-0.1, -0.05) is 23.4 Å². The van der Waals surface area contributed by atoms with E-state index in [-0.39, 0.29) is 12.2 Å². The van der Waals surface area contributed by atoms with Gasteiger partial charge in [0.05, 0.1) is 5.71 Å². The SMILES string of the molecule is CON=C1CCN(c2ncc(-c3cccc(COC(=O)NC(=N)N)c3F)cn2)CC1. The first-order chi connectivity index (χ1) is 14.5. The van der Waals surface area contributed by atoms with Gasteiger partial charge in [-0.15, -0.1) is 0 Å². The van der Waals surface area contributed by atoms with Crippen LogP contribution in [0.2, 0.25) is 0 Å². The van der Waals surface area contributed by atoms with Crippen LogP contribution in [0.5, 0.6) is 0 Å². The molecule has 1 fully saturated rings. The molecule has 2 aromatic rings. The minimum atomic E-state index is -0.930. The molecule has 3 rings (SSSR count). The summed E-state index contributed by atoms with van der Waals surface area (Å²) in [6.45, 7) is 1.15. The molecule has 1 aliphatic heterocycles. The smallest absolute Gasteiger partial charge is 0.414 e. The third-order valence-corrected chi connectivity index (χ3v) is 4.47. The monoisotopic (exact) mass is 415 g/mol. The summed E-state index contributed by atoms with van der Waals surface area (Å²) in [5, 5.41) is 12.9.